The average molecular weight is 183 g/mol. The van der Waals surface area contributed by atoms with Gasteiger partial charge in [-0.2, -0.15) is 0 Å². The highest BCUT2D eigenvalue weighted by Crippen LogP contribution is 2.64. The Balaban J connectivity index is 1.80. The number of allylic oxidation sites excluding steroid dienone is 2. The number of halogens is 1. The average Bonchev–Trinajstić information content (AvgIpc) is 2.42. The molecule has 6 unspecified atom stereocenters. The van der Waals surface area contributed by atoms with Gasteiger partial charge in [-0.05, 0) is 30.6 Å². The lowest BCUT2D eigenvalue weighted by Gasteiger charge is -2.23. The van der Waals surface area contributed by atoms with Gasteiger partial charge in [-0.1, -0.05) is 17.7 Å². The predicted molar refractivity (Wildman–Crippen MR) is 45.8 cm³/mol. The molecule has 4 rings (SSSR count). The van der Waals surface area contributed by atoms with E-state index in [1.165, 1.54) is 12.8 Å². The standard InChI is InChI=1S/C10H11ClO/c11-7-2-4-1-6(7)9-5(4)3-8-10(9)12-8/h2,4-6,8-10H,1,3H2. The van der Waals surface area contributed by atoms with Crippen LogP contribution < -0.4 is 0 Å². The number of hydrogen-bond acceptors (Lipinski definition) is 1. The van der Waals surface area contributed by atoms with Crippen molar-refractivity contribution in [3.05, 3.63) is 11.1 Å². The molecule has 1 aliphatic heterocycles. The summed E-state index contributed by atoms with van der Waals surface area (Å²) >= 11 is 6.16. The first kappa shape index (κ1) is 6.44. The molecule has 6 atom stereocenters. The van der Waals surface area contributed by atoms with E-state index in [1.807, 2.05) is 0 Å². The van der Waals surface area contributed by atoms with Gasteiger partial charge in [0.25, 0.3) is 0 Å². The molecule has 1 saturated heterocycles. The highest BCUT2D eigenvalue weighted by atomic mass is 35.5. The number of fused-ring (bicyclic) bond motifs is 7. The van der Waals surface area contributed by atoms with Crippen LogP contribution in [0, 0.1) is 23.7 Å². The van der Waals surface area contributed by atoms with E-state index in [9.17, 15) is 0 Å². The minimum Gasteiger partial charge on any atom is -0.369 e. The molecule has 0 N–H and O–H groups in total. The van der Waals surface area contributed by atoms with Crippen LogP contribution in [0.1, 0.15) is 12.8 Å². The molecule has 0 spiro atoms. The number of hydrogen-bond donors (Lipinski definition) is 0. The van der Waals surface area contributed by atoms with Gasteiger partial charge in [0.2, 0.25) is 0 Å². The summed E-state index contributed by atoms with van der Waals surface area (Å²) in [6.45, 7) is 0. The second-order valence-electron chi connectivity index (χ2n) is 4.67. The molecule has 0 aromatic carbocycles. The summed E-state index contributed by atoms with van der Waals surface area (Å²) in [5, 5.41) is 1.14. The number of rotatable bonds is 0. The number of epoxide rings is 1. The van der Waals surface area contributed by atoms with Crippen molar-refractivity contribution in [2.24, 2.45) is 23.7 Å². The maximum atomic E-state index is 6.16. The van der Waals surface area contributed by atoms with Crippen LogP contribution in [0.15, 0.2) is 11.1 Å². The molecule has 12 heavy (non-hydrogen) atoms. The van der Waals surface area contributed by atoms with E-state index in [1.54, 1.807) is 0 Å². The van der Waals surface area contributed by atoms with Crippen LogP contribution in [0.5, 0.6) is 0 Å². The summed E-state index contributed by atoms with van der Waals surface area (Å²) in [4.78, 5) is 0. The Labute approximate surface area is 76.7 Å². The Hall–Kier alpha value is -0.0100. The van der Waals surface area contributed by atoms with Crippen molar-refractivity contribution in [2.45, 2.75) is 25.0 Å². The molecule has 0 aromatic heterocycles. The summed E-state index contributed by atoms with van der Waals surface area (Å²) in [6.07, 6.45) is 6.17. The minimum absolute atomic E-state index is 0.604. The van der Waals surface area contributed by atoms with Crippen LogP contribution in [0.25, 0.3) is 0 Å². The van der Waals surface area contributed by atoms with Gasteiger partial charge in [0.05, 0.1) is 12.2 Å². The molecule has 0 radical (unpaired) electrons. The molecule has 3 fully saturated rings. The molecule has 4 aliphatic rings. The topological polar surface area (TPSA) is 12.5 Å². The molecule has 1 heterocycles. The Kier molecular flexibility index (Phi) is 0.943. The van der Waals surface area contributed by atoms with Crippen molar-refractivity contribution >= 4 is 11.6 Å². The first-order valence-electron chi connectivity index (χ1n) is 4.87. The Morgan fingerprint density at radius 2 is 2.33 bits per heavy atom. The molecule has 64 valence electrons. The van der Waals surface area contributed by atoms with E-state index >= 15 is 0 Å². The summed E-state index contributed by atoms with van der Waals surface area (Å²) in [5.41, 5.74) is 0. The van der Waals surface area contributed by atoms with Crippen LogP contribution in [0.2, 0.25) is 0 Å². The highest BCUT2D eigenvalue weighted by molar-refractivity contribution is 6.30. The Bertz CT molecular complexity index is 286. The quantitative estimate of drug-likeness (QED) is 0.523. The highest BCUT2D eigenvalue weighted by Gasteiger charge is 2.64. The van der Waals surface area contributed by atoms with Gasteiger partial charge in [-0.25, -0.2) is 0 Å². The van der Waals surface area contributed by atoms with Crippen LogP contribution in [0.3, 0.4) is 0 Å². The third-order valence-electron chi connectivity index (χ3n) is 4.27. The van der Waals surface area contributed by atoms with Gasteiger partial charge >= 0.3 is 0 Å². The monoisotopic (exact) mass is 182 g/mol. The van der Waals surface area contributed by atoms with Crippen LogP contribution in [-0.2, 0) is 4.74 Å². The zero-order valence-corrected chi connectivity index (χ0v) is 7.50. The van der Waals surface area contributed by atoms with E-state index in [2.05, 4.69) is 6.08 Å². The van der Waals surface area contributed by atoms with Crippen LogP contribution in [-0.4, -0.2) is 12.2 Å². The van der Waals surface area contributed by atoms with Gasteiger partial charge in [0.1, 0.15) is 0 Å². The molecule has 2 heteroatoms. The van der Waals surface area contributed by atoms with Crippen molar-refractivity contribution in [3.8, 4) is 0 Å². The van der Waals surface area contributed by atoms with Crippen molar-refractivity contribution in [1.29, 1.82) is 0 Å². The molecule has 0 aromatic rings. The first-order valence-corrected chi connectivity index (χ1v) is 5.25. The maximum absolute atomic E-state index is 6.16. The van der Waals surface area contributed by atoms with E-state index in [4.69, 9.17) is 16.3 Å². The fourth-order valence-electron chi connectivity index (χ4n) is 3.78. The third kappa shape index (κ3) is 0.559. The van der Waals surface area contributed by atoms with E-state index in [-0.39, 0.29) is 0 Å². The molecule has 2 saturated carbocycles. The fraction of sp³-hybridized carbons (Fsp3) is 0.800. The Morgan fingerprint density at radius 1 is 1.42 bits per heavy atom. The molecular formula is C10H11ClO. The van der Waals surface area contributed by atoms with E-state index in [0.717, 1.165) is 22.8 Å². The van der Waals surface area contributed by atoms with Crippen molar-refractivity contribution in [1.82, 2.24) is 0 Å². The summed E-state index contributed by atoms with van der Waals surface area (Å²) in [5.74, 6) is 3.22. The van der Waals surface area contributed by atoms with Gasteiger partial charge in [0, 0.05) is 11.0 Å². The fourth-order valence-corrected chi connectivity index (χ4v) is 4.18. The Morgan fingerprint density at radius 3 is 3.25 bits per heavy atom. The van der Waals surface area contributed by atoms with Gasteiger partial charge in [-0.15, -0.1) is 0 Å². The van der Waals surface area contributed by atoms with Gasteiger partial charge in [-0.3, -0.25) is 0 Å². The molecule has 3 aliphatic carbocycles. The van der Waals surface area contributed by atoms with Gasteiger partial charge in [0.15, 0.2) is 0 Å². The smallest absolute Gasteiger partial charge is 0.0879 e. The second-order valence-corrected chi connectivity index (χ2v) is 5.11. The lowest BCUT2D eigenvalue weighted by molar-refractivity contribution is 0.190. The predicted octanol–water partition coefficient (Wildman–Crippen LogP) is 2.16. The lowest BCUT2D eigenvalue weighted by Crippen LogP contribution is -2.21. The normalized spacial score (nSPS) is 64.6. The first-order chi connectivity index (χ1) is 5.84. The number of ether oxygens (including phenoxy) is 1. The summed E-state index contributed by atoms with van der Waals surface area (Å²) in [7, 11) is 0. The van der Waals surface area contributed by atoms with Crippen molar-refractivity contribution in [2.75, 3.05) is 0 Å². The molecule has 0 amide bonds. The maximum Gasteiger partial charge on any atom is 0.0879 e. The van der Waals surface area contributed by atoms with E-state index in [0.29, 0.717) is 18.1 Å². The van der Waals surface area contributed by atoms with Crippen molar-refractivity contribution in [3.63, 3.8) is 0 Å². The largest absolute Gasteiger partial charge is 0.369 e. The van der Waals surface area contributed by atoms with E-state index < -0.39 is 0 Å². The summed E-state index contributed by atoms with van der Waals surface area (Å²) in [6, 6.07) is 0. The SMILES string of the molecule is ClC1=CC2CC1C1C2CC2OC21. The molecular weight excluding hydrogens is 172 g/mol. The van der Waals surface area contributed by atoms with Crippen molar-refractivity contribution < 1.29 is 4.74 Å². The molecule has 1 nitrogen and oxygen atoms in total. The second kappa shape index (κ2) is 1.76. The minimum atomic E-state index is 0.604. The van der Waals surface area contributed by atoms with Gasteiger partial charge < -0.3 is 4.74 Å². The third-order valence-corrected chi connectivity index (χ3v) is 4.67. The van der Waals surface area contributed by atoms with Crippen LogP contribution in [0.4, 0.5) is 0 Å². The lowest BCUT2D eigenvalue weighted by atomic mass is 9.85. The summed E-state index contributed by atoms with van der Waals surface area (Å²) < 4.78 is 5.58. The zero-order chi connectivity index (χ0) is 7.87. The zero-order valence-electron chi connectivity index (χ0n) is 6.74. The molecule has 2 bridgehead atoms. The van der Waals surface area contributed by atoms with Crippen LogP contribution >= 0.6 is 11.6 Å².